The molecular weight excluding hydrogens is 464 g/mol. The van der Waals surface area contributed by atoms with Crippen molar-refractivity contribution in [3.8, 4) is 0 Å². The van der Waals surface area contributed by atoms with Crippen molar-refractivity contribution in [1.82, 2.24) is 0 Å². The van der Waals surface area contributed by atoms with E-state index >= 15 is 0 Å². The molecule has 0 saturated heterocycles. The van der Waals surface area contributed by atoms with Crippen LogP contribution in [0.4, 0.5) is 0 Å². The van der Waals surface area contributed by atoms with Crippen molar-refractivity contribution in [2.24, 2.45) is 0 Å². The Morgan fingerprint density at radius 1 is 0.448 bits per heavy atom. The van der Waals surface area contributed by atoms with Gasteiger partial charge in [0.05, 0.1) is 20.2 Å². The largest absolute Gasteiger partial charge is 2.00 e. The second-order valence-electron chi connectivity index (χ2n) is 7.47. The Morgan fingerprint density at radius 3 is 0.862 bits per heavy atom. The Labute approximate surface area is 191 Å². The van der Waals surface area contributed by atoms with Crippen LogP contribution >= 0.6 is 0 Å². The molecule has 0 spiro atoms. The van der Waals surface area contributed by atoms with Crippen LogP contribution in [0.5, 0.6) is 0 Å². The van der Waals surface area contributed by atoms with E-state index < -0.39 is 20.2 Å². The smallest absolute Gasteiger partial charge is 0.748 e. The third-order valence-corrected chi connectivity index (χ3v) is 6.07. The fourth-order valence-corrected chi connectivity index (χ4v) is 3.94. The van der Waals surface area contributed by atoms with E-state index in [9.17, 15) is 25.9 Å². The van der Waals surface area contributed by atoms with Gasteiger partial charge in [0.15, 0.2) is 0 Å². The minimum absolute atomic E-state index is 0. The van der Waals surface area contributed by atoms with E-state index in [0.29, 0.717) is 12.8 Å². The zero-order valence-corrected chi connectivity index (χ0v) is 20.9. The predicted molar refractivity (Wildman–Crippen MR) is 114 cm³/mol. The van der Waals surface area contributed by atoms with Gasteiger partial charge < -0.3 is 9.11 Å². The second-order valence-corrected chi connectivity index (χ2v) is 10.5. The molecule has 0 atom stereocenters. The second kappa shape index (κ2) is 23.0. The van der Waals surface area contributed by atoms with Gasteiger partial charge in [-0.05, 0) is 12.8 Å². The topological polar surface area (TPSA) is 114 Å². The van der Waals surface area contributed by atoms with E-state index in [1.165, 1.54) is 64.2 Å². The van der Waals surface area contributed by atoms with E-state index in [2.05, 4.69) is 13.8 Å². The molecule has 0 amide bonds. The molecular formula is C20H42CuO6S2. The van der Waals surface area contributed by atoms with Crippen LogP contribution in [0.2, 0.25) is 0 Å². The average Bonchev–Trinajstić information content (AvgIpc) is 2.58. The molecule has 6 nitrogen and oxygen atoms in total. The van der Waals surface area contributed by atoms with Crippen molar-refractivity contribution in [2.45, 2.75) is 117 Å². The molecule has 0 N–H and O–H groups in total. The van der Waals surface area contributed by atoms with Crippen molar-refractivity contribution < 1.29 is 43.0 Å². The summed E-state index contributed by atoms with van der Waals surface area (Å²) in [7, 11) is -7.95. The molecule has 0 aliphatic rings. The average molecular weight is 506 g/mol. The molecule has 0 aromatic rings. The van der Waals surface area contributed by atoms with E-state index in [1.54, 1.807) is 0 Å². The molecule has 0 aliphatic heterocycles. The summed E-state index contributed by atoms with van der Waals surface area (Å²) >= 11 is 0. The summed E-state index contributed by atoms with van der Waals surface area (Å²) in [6, 6.07) is 0. The number of hydrogen-bond donors (Lipinski definition) is 0. The molecule has 0 bridgehead atoms. The summed E-state index contributed by atoms with van der Waals surface area (Å²) in [6.45, 7) is 4.36. The van der Waals surface area contributed by atoms with Crippen LogP contribution in [0.15, 0.2) is 0 Å². The Balaban J connectivity index is -0.000000451. The molecule has 0 aliphatic carbocycles. The SMILES string of the molecule is CCCCCCCCCCS(=O)(=O)[O-].CCCCCCCCCCS(=O)(=O)[O-].[Cu+2]. The van der Waals surface area contributed by atoms with Gasteiger partial charge in [0.2, 0.25) is 0 Å². The van der Waals surface area contributed by atoms with Crippen molar-refractivity contribution in [1.29, 1.82) is 0 Å². The van der Waals surface area contributed by atoms with E-state index in [0.717, 1.165) is 25.7 Å². The minimum atomic E-state index is -3.98. The summed E-state index contributed by atoms with van der Waals surface area (Å²) in [6.07, 6.45) is 17.3. The summed E-state index contributed by atoms with van der Waals surface area (Å²) in [5, 5.41) is 0. The summed E-state index contributed by atoms with van der Waals surface area (Å²) in [5.41, 5.74) is 0. The van der Waals surface area contributed by atoms with Gasteiger partial charge in [-0.1, -0.05) is 104 Å². The van der Waals surface area contributed by atoms with Gasteiger partial charge in [-0.3, -0.25) is 0 Å². The van der Waals surface area contributed by atoms with Gasteiger partial charge in [0.25, 0.3) is 0 Å². The molecule has 0 fully saturated rings. The molecule has 1 radical (unpaired) electrons. The predicted octanol–water partition coefficient (Wildman–Crippen LogP) is 5.34. The fraction of sp³-hybridized carbons (Fsp3) is 1.00. The van der Waals surface area contributed by atoms with Crippen molar-refractivity contribution in [2.75, 3.05) is 11.5 Å². The van der Waals surface area contributed by atoms with Crippen LogP contribution < -0.4 is 0 Å². The van der Waals surface area contributed by atoms with E-state index in [1.807, 2.05) is 0 Å². The van der Waals surface area contributed by atoms with Crippen molar-refractivity contribution in [3.63, 3.8) is 0 Å². The number of hydrogen-bond acceptors (Lipinski definition) is 6. The third kappa shape index (κ3) is 39.4. The molecule has 0 aromatic heterocycles. The molecule has 181 valence electrons. The molecule has 0 unspecified atom stereocenters. The standard InChI is InChI=1S/2C10H22O3S.Cu/c2*1-2-3-4-5-6-7-8-9-10-14(11,12)13;/h2*2-10H2,1H3,(H,11,12,13);/q;;+2/p-2. The quantitative estimate of drug-likeness (QED) is 0.141. The maximum atomic E-state index is 10.2. The van der Waals surface area contributed by atoms with Gasteiger partial charge in [-0.15, -0.1) is 0 Å². The summed E-state index contributed by atoms with van der Waals surface area (Å²) in [4.78, 5) is 0. The molecule has 0 aromatic carbocycles. The number of unbranched alkanes of at least 4 members (excludes halogenated alkanes) is 14. The molecule has 0 rings (SSSR count). The van der Waals surface area contributed by atoms with Crippen molar-refractivity contribution in [3.05, 3.63) is 0 Å². The molecule has 9 heteroatoms. The molecule has 0 saturated carbocycles. The van der Waals surface area contributed by atoms with Crippen LogP contribution in [-0.2, 0) is 37.3 Å². The Kier molecular flexibility index (Phi) is 27.0. The first-order chi connectivity index (χ1) is 13.1. The molecule has 0 heterocycles. The Bertz CT molecular complexity index is 473. The maximum Gasteiger partial charge on any atom is 2.00 e. The monoisotopic (exact) mass is 505 g/mol. The van der Waals surface area contributed by atoms with E-state index in [4.69, 9.17) is 0 Å². The Hall–Kier alpha value is 0.339. The van der Waals surface area contributed by atoms with Crippen LogP contribution in [0.3, 0.4) is 0 Å². The third-order valence-electron chi connectivity index (χ3n) is 4.50. The van der Waals surface area contributed by atoms with Crippen LogP contribution in [0.1, 0.15) is 117 Å². The first-order valence-electron chi connectivity index (χ1n) is 11.0. The van der Waals surface area contributed by atoms with Gasteiger partial charge in [0, 0.05) is 11.5 Å². The van der Waals surface area contributed by atoms with Crippen LogP contribution in [0.25, 0.3) is 0 Å². The van der Waals surface area contributed by atoms with Crippen LogP contribution in [0, 0.1) is 0 Å². The maximum absolute atomic E-state index is 10.2. The Morgan fingerprint density at radius 2 is 0.655 bits per heavy atom. The minimum Gasteiger partial charge on any atom is -0.748 e. The van der Waals surface area contributed by atoms with Gasteiger partial charge in [-0.2, -0.15) is 0 Å². The van der Waals surface area contributed by atoms with Crippen LogP contribution in [-0.4, -0.2) is 37.4 Å². The zero-order chi connectivity index (χ0) is 21.7. The van der Waals surface area contributed by atoms with Gasteiger partial charge >= 0.3 is 17.1 Å². The summed E-state index contributed by atoms with van der Waals surface area (Å²) < 4.78 is 61.5. The number of rotatable bonds is 18. The van der Waals surface area contributed by atoms with Gasteiger partial charge in [0.1, 0.15) is 0 Å². The normalized spacial score (nSPS) is 11.4. The first kappa shape index (κ1) is 34.0. The van der Waals surface area contributed by atoms with Crippen molar-refractivity contribution >= 4 is 20.2 Å². The fourth-order valence-electron chi connectivity index (χ4n) is 2.83. The summed E-state index contributed by atoms with van der Waals surface area (Å²) in [5.74, 6) is -0.385. The van der Waals surface area contributed by atoms with Gasteiger partial charge in [-0.25, -0.2) is 16.8 Å². The first-order valence-corrected chi connectivity index (χ1v) is 14.1. The zero-order valence-electron chi connectivity index (χ0n) is 18.3. The molecule has 29 heavy (non-hydrogen) atoms. The van der Waals surface area contributed by atoms with E-state index in [-0.39, 0.29) is 28.6 Å².